The number of ether oxygens (including phenoxy) is 1. The molecule has 0 aliphatic heterocycles. The molecule has 0 heterocycles. The average Bonchev–Trinajstić information content (AvgIpc) is 2.55. The Bertz CT molecular complexity index is 119. The zero-order chi connectivity index (χ0) is 9.52. The van der Waals surface area contributed by atoms with Crippen molar-refractivity contribution in [2.24, 2.45) is 5.92 Å². The van der Waals surface area contributed by atoms with Gasteiger partial charge in [0.15, 0.2) is 0 Å². The van der Waals surface area contributed by atoms with Crippen LogP contribution in [0.5, 0.6) is 0 Å². The molecule has 0 aromatic heterocycles. The standard InChI is InChI=1S/C9H17O.2CH3.Sn.H/c1-2-7-10-8-9-5-3-4-6-9;;;;/h9H,1-8H2;2*1H3;;. The van der Waals surface area contributed by atoms with Crippen LogP contribution in [0.1, 0.15) is 32.1 Å². The monoisotopic (exact) mass is 292 g/mol. The summed E-state index contributed by atoms with van der Waals surface area (Å²) in [5.74, 6) is 0.905. The van der Waals surface area contributed by atoms with Crippen LogP contribution in [0.3, 0.4) is 0 Å². The van der Waals surface area contributed by atoms with Crippen LogP contribution in [0.4, 0.5) is 0 Å². The van der Waals surface area contributed by atoms with Crippen LogP contribution >= 0.6 is 0 Å². The number of hydrogen-bond acceptors (Lipinski definition) is 1. The Morgan fingerprint density at radius 3 is 2.54 bits per heavy atom. The van der Waals surface area contributed by atoms with Crippen LogP contribution in [0, 0.1) is 5.92 Å². The maximum atomic E-state index is 5.70. The summed E-state index contributed by atoms with van der Waals surface area (Å²) < 4.78 is 7.22. The van der Waals surface area contributed by atoms with Gasteiger partial charge in [0, 0.05) is 0 Å². The predicted octanol–water partition coefficient (Wildman–Crippen LogP) is 3.07. The normalized spacial score (nSPS) is 18.7. The molecule has 1 nitrogen and oxygen atoms in total. The first-order valence-electron chi connectivity index (χ1n) is 5.87. The second-order valence-electron chi connectivity index (χ2n) is 4.76. The van der Waals surface area contributed by atoms with Gasteiger partial charge >= 0.3 is 90.0 Å². The van der Waals surface area contributed by atoms with E-state index in [1.165, 1.54) is 36.5 Å². The van der Waals surface area contributed by atoms with Gasteiger partial charge in [-0.1, -0.05) is 0 Å². The Morgan fingerprint density at radius 1 is 1.23 bits per heavy atom. The summed E-state index contributed by atoms with van der Waals surface area (Å²) in [4.78, 5) is 4.97. The molecule has 1 rings (SSSR count). The van der Waals surface area contributed by atoms with Crippen molar-refractivity contribution in [1.29, 1.82) is 0 Å². The molecule has 13 heavy (non-hydrogen) atoms. The van der Waals surface area contributed by atoms with E-state index in [1.54, 1.807) is 0 Å². The molecular formula is C11H24OSn. The summed E-state index contributed by atoms with van der Waals surface area (Å²) in [7, 11) is 0. The van der Waals surface area contributed by atoms with E-state index < -0.39 is 19.8 Å². The van der Waals surface area contributed by atoms with Crippen molar-refractivity contribution in [3.8, 4) is 0 Å². The average molecular weight is 291 g/mol. The van der Waals surface area contributed by atoms with Crippen LogP contribution in [-0.2, 0) is 4.74 Å². The van der Waals surface area contributed by atoms with Gasteiger partial charge in [-0.2, -0.15) is 0 Å². The molecule has 0 aromatic carbocycles. The minimum absolute atomic E-state index is 0.905. The van der Waals surface area contributed by atoms with E-state index in [1.807, 2.05) is 0 Å². The third kappa shape index (κ3) is 5.95. The Balaban J connectivity index is 1.83. The Morgan fingerprint density at radius 2 is 1.92 bits per heavy atom. The molecule has 78 valence electrons. The van der Waals surface area contributed by atoms with Gasteiger partial charge in [-0.25, -0.2) is 0 Å². The first-order chi connectivity index (χ1) is 6.29. The first kappa shape index (κ1) is 11.8. The Labute approximate surface area is 90.0 Å². The summed E-state index contributed by atoms with van der Waals surface area (Å²) in [6.07, 6.45) is 7.06. The van der Waals surface area contributed by atoms with E-state index in [9.17, 15) is 0 Å². The van der Waals surface area contributed by atoms with Gasteiger partial charge in [-0.3, -0.25) is 0 Å². The van der Waals surface area contributed by atoms with Crippen molar-refractivity contribution in [3.63, 3.8) is 0 Å². The van der Waals surface area contributed by atoms with Crippen molar-refractivity contribution in [3.05, 3.63) is 0 Å². The van der Waals surface area contributed by atoms with E-state index in [-0.39, 0.29) is 0 Å². The van der Waals surface area contributed by atoms with Gasteiger partial charge in [0.2, 0.25) is 0 Å². The third-order valence-corrected chi connectivity index (χ3v) is 7.36. The van der Waals surface area contributed by atoms with Crippen molar-refractivity contribution < 1.29 is 4.74 Å². The fourth-order valence-corrected chi connectivity index (χ4v) is 4.83. The summed E-state index contributed by atoms with van der Waals surface area (Å²) in [6, 6.07) is 0. The zero-order valence-electron chi connectivity index (χ0n) is 9.22. The summed E-state index contributed by atoms with van der Waals surface area (Å²) in [5.41, 5.74) is 0. The predicted molar refractivity (Wildman–Crippen MR) is 61.1 cm³/mol. The molecule has 0 amide bonds. The SMILES string of the molecule is [CH3][SnH]([CH3])[CH2]CCOCC1CCCC1. The summed E-state index contributed by atoms with van der Waals surface area (Å²) in [6.45, 7) is 2.08. The van der Waals surface area contributed by atoms with Gasteiger partial charge in [-0.15, -0.1) is 0 Å². The van der Waals surface area contributed by atoms with Crippen molar-refractivity contribution >= 4 is 19.8 Å². The van der Waals surface area contributed by atoms with Gasteiger partial charge < -0.3 is 0 Å². The molecule has 0 unspecified atom stereocenters. The second-order valence-corrected chi connectivity index (χ2v) is 14.4. The van der Waals surface area contributed by atoms with Crippen molar-refractivity contribution in [2.45, 2.75) is 46.4 Å². The minimum atomic E-state index is -0.908. The molecule has 0 aromatic rings. The van der Waals surface area contributed by atoms with Crippen LogP contribution in [0.2, 0.25) is 14.3 Å². The second kappa shape index (κ2) is 7.10. The van der Waals surface area contributed by atoms with Crippen LogP contribution in [0.25, 0.3) is 0 Å². The molecule has 0 bridgehead atoms. The van der Waals surface area contributed by atoms with Crippen LogP contribution < -0.4 is 0 Å². The Hall–Kier alpha value is 0.759. The molecule has 0 atom stereocenters. The van der Waals surface area contributed by atoms with E-state index in [4.69, 9.17) is 4.74 Å². The van der Waals surface area contributed by atoms with Crippen molar-refractivity contribution in [1.82, 2.24) is 0 Å². The molecular weight excluding hydrogens is 267 g/mol. The van der Waals surface area contributed by atoms with Crippen LogP contribution in [-0.4, -0.2) is 33.0 Å². The quantitative estimate of drug-likeness (QED) is 0.540. The topological polar surface area (TPSA) is 9.23 Å². The molecule has 0 saturated heterocycles. The maximum absolute atomic E-state index is 5.70. The molecule has 2 heteroatoms. The van der Waals surface area contributed by atoms with Gasteiger partial charge in [0.05, 0.1) is 0 Å². The van der Waals surface area contributed by atoms with Gasteiger partial charge in [0.1, 0.15) is 0 Å². The molecule has 1 saturated carbocycles. The Kier molecular flexibility index (Phi) is 6.47. The third-order valence-electron chi connectivity index (χ3n) is 2.90. The molecule has 0 spiro atoms. The molecule has 1 aliphatic rings. The van der Waals surface area contributed by atoms with E-state index in [0.717, 1.165) is 19.1 Å². The van der Waals surface area contributed by atoms with E-state index in [2.05, 4.69) is 9.88 Å². The molecule has 0 N–H and O–H groups in total. The van der Waals surface area contributed by atoms with Crippen LogP contribution in [0.15, 0.2) is 0 Å². The van der Waals surface area contributed by atoms with E-state index >= 15 is 0 Å². The molecule has 0 radical (unpaired) electrons. The number of rotatable bonds is 6. The fourth-order valence-electron chi connectivity index (χ4n) is 2.02. The first-order valence-corrected chi connectivity index (χ1v) is 14.8. The molecule has 1 fully saturated rings. The summed E-state index contributed by atoms with van der Waals surface area (Å²) in [5, 5.41) is 0. The summed E-state index contributed by atoms with van der Waals surface area (Å²) >= 11 is -0.908. The number of hydrogen-bond donors (Lipinski definition) is 0. The van der Waals surface area contributed by atoms with E-state index in [0.29, 0.717) is 0 Å². The zero-order valence-corrected chi connectivity index (χ0v) is 12.5. The molecule has 1 aliphatic carbocycles. The van der Waals surface area contributed by atoms with Gasteiger partial charge in [0.25, 0.3) is 0 Å². The fraction of sp³-hybridized carbons (Fsp3) is 1.00. The van der Waals surface area contributed by atoms with Crippen molar-refractivity contribution in [2.75, 3.05) is 13.2 Å². The van der Waals surface area contributed by atoms with Gasteiger partial charge in [-0.05, 0) is 0 Å².